The first kappa shape index (κ1) is 24.1. The molecule has 0 saturated heterocycles. The van der Waals surface area contributed by atoms with Crippen molar-refractivity contribution in [3.8, 4) is 11.5 Å². The fourth-order valence-electron chi connectivity index (χ4n) is 5.15. The summed E-state index contributed by atoms with van der Waals surface area (Å²) in [5.41, 5.74) is 4.62. The van der Waals surface area contributed by atoms with Crippen LogP contribution in [0, 0.1) is 0 Å². The number of ketones is 2. The van der Waals surface area contributed by atoms with E-state index in [1.54, 1.807) is 43.5 Å². The number of carbonyl (C=O) groups is 3. The number of carbonyl (C=O) groups excluding carboxylic acids is 3. The molecule has 8 heteroatoms. The van der Waals surface area contributed by atoms with Gasteiger partial charge in [-0.05, 0) is 67.6 Å². The normalized spacial score (nSPS) is 17.8. The molecule has 7 nitrogen and oxygen atoms in total. The van der Waals surface area contributed by atoms with E-state index in [9.17, 15) is 14.4 Å². The predicted octanol–water partition coefficient (Wildman–Crippen LogP) is 5.07. The molecule has 0 atom stereocenters. The average molecular weight is 507 g/mol. The highest BCUT2D eigenvalue weighted by Crippen LogP contribution is 2.46. The van der Waals surface area contributed by atoms with Crippen LogP contribution in [0.3, 0.4) is 0 Å². The van der Waals surface area contributed by atoms with E-state index in [2.05, 4.69) is 10.6 Å². The Labute approximate surface area is 214 Å². The minimum absolute atomic E-state index is 0.0744. The molecule has 0 unspecified atom stereocenters. The third-order valence-electron chi connectivity index (χ3n) is 6.81. The Morgan fingerprint density at radius 2 is 1.61 bits per heavy atom. The maximum Gasteiger partial charge on any atom is 0.262 e. The number of anilines is 1. The molecule has 1 amide bonds. The van der Waals surface area contributed by atoms with Gasteiger partial charge < -0.3 is 20.1 Å². The number of nitrogens with one attached hydrogen (secondary N) is 2. The summed E-state index contributed by atoms with van der Waals surface area (Å²) in [5, 5.41) is 6.49. The van der Waals surface area contributed by atoms with Gasteiger partial charge >= 0.3 is 0 Å². The third kappa shape index (κ3) is 4.75. The summed E-state index contributed by atoms with van der Waals surface area (Å²) in [5.74, 6) is 0.439. The summed E-state index contributed by atoms with van der Waals surface area (Å²) in [4.78, 5) is 38.3. The Hall–Kier alpha value is -3.58. The smallest absolute Gasteiger partial charge is 0.262 e. The molecule has 3 aliphatic rings. The van der Waals surface area contributed by atoms with Crippen LogP contribution in [0.5, 0.6) is 11.5 Å². The molecule has 0 spiro atoms. The quantitative estimate of drug-likeness (QED) is 0.568. The molecule has 2 aliphatic carbocycles. The fourth-order valence-corrected chi connectivity index (χ4v) is 5.39. The Morgan fingerprint density at radius 3 is 2.19 bits per heavy atom. The molecule has 0 saturated carbocycles. The van der Waals surface area contributed by atoms with E-state index in [-0.39, 0.29) is 24.1 Å². The molecule has 36 heavy (non-hydrogen) atoms. The summed E-state index contributed by atoms with van der Waals surface area (Å²) in [6.07, 6.45) is 4.15. The second-order valence-electron chi connectivity index (χ2n) is 9.15. The van der Waals surface area contributed by atoms with Crippen LogP contribution < -0.4 is 20.1 Å². The zero-order valence-electron chi connectivity index (χ0n) is 20.0. The van der Waals surface area contributed by atoms with Crippen molar-refractivity contribution in [3.05, 3.63) is 75.6 Å². The molecule has 0 radical (unpaired) electrons. The summed E-state index contributed by atoms with van der Waals surface area (Å²) in [6, 6.07) is 12.3. The second kappa shape index (κ2) is 10.2. The van der Waals surface area contributed by atoms with E-state index in [0.717, 1.165) is 42.6 Å². The maximum atomic E-state index is 13.0. The molecular formula is C28H27ClN2O5. The van der Waals surface area contributed by atoms with Crippen molar-refractivity contribution < 1.29 is 23.9 Å². The number of halogens is 1. The van der Waals surface area contributed by atoms with Crippen molar-refractivity contribution in [2.45, 2.75) is 44.4 Å². The number of dihydropyridines is 1. The Morgan fingerprint density at radius 1 is 0.972 bits per heavy atom. The molecule has 0 bridgehead atoms. The molecular weight excluding hydrogens is 480 g/mol. The van der Waals surface area contributed by atoms with E-state index < -0.39 is 5.92 Å². The number of benzene rings is 2. The number of rotatable bonds is 6. The first-order valence-electron chi connectivity index (χ1n) is 12.1. The monoisotopic (exact) mass is 506 g/mol. The van der Waals surface area contributed by atoms with Gasteiger partial charge in [-0.1, -0.05) is 17.7 Å². The third-order valence-corrected chi connectivity index (χ3v) is 7.11. The lowest BCUT2D eigenvalue weighted by molar-refractivity contribution is -0.118. The lowest BCUT2D eigenvalue weighted by atomic mass is 9.71. The first-order valence-corrected chi connectivity index (χ1v) is 12.5. The summed E-state index contributed by atoms with van der Waals surface area (Å²) >= 11 is 6.56. The highest BCUT2D eigenvalue weighted by molar-refractivity contribution is 6.32. The van der Waals surface area contributed by atoms with Crippen molar-refractivity contribution in [3.63, 3.8) is 0 Å². The maximum absolute atomic E-state index is 13.0. The van der Waals surface area contributed by atoms with Gasteiger partial charge in [0.15, 0.2) is 18.2 Å². The van der Waals surface area contributed by atoms with Gasteiger partial charge in [-0.15, -0.1) is 0 Å². The Kier molecular flexibility index (Phi) is 6.83. The van der Waals surface area contributed by atoms with Gasteiger partial charge in [0.25, 0.3) is 5.91 Å². The van der Waals surface area contributed by atoms with Gasteiger partial charge in [0.1, 0.15) is 11.5 Å². The zero-order chi connectivity index (χ0) is 25.2. The van der Waals surface area contributed by atoms with Crippen LogP contribution in [-0.2, 0) is 14.4 Å². The molecule has 0 fully saturated rings. The van der Waals surface area contributed by atoms with Crippen molar-refractivity contribution >= 4 is 34.8 Å². The fraction of sp³-hybridized carbons (Fsp3) is 0.321. The van der Waals surface area contributed by atoms with Crippen LogP contribution in [0.1, 0.15) is 50.0 Å². The van der Waals surface area contributed by atoms with Crippen molar-refractivity contribution in [2.75, 3.05) is 19.0 Å². The number of hydrogen-bond acceptors (Lipinski definition) is 6. The number of ether oxygens (including phenoxy) is 2. The number of methoxy groups -OCH3 is 1. The summed E-state index contributed by atoms with van der Waals surface area (Å²) in [7, 11) is 1.58. The average Bonchev–Trinajstić information content (AvgIpc) is 2.87. The van der Waals surface area contributed by atoms with Crippen LogP contribution in [0.15, 0.2) is 65.0 Å². The molecule has 0 aromatic heterocycles. The molecule has 2 aromatic rings. The van der Waals surface area contributed by atoms with Gasteiger partial charge in [0.05, 0.1) is 12.1 Å². The first-order chi connectivity index (χ1) is 17.4. The van der Waals surface area contributed by atoms with E-state index in [1.165, 1.54) is 0 Å². The summed E-state index contributed by atoms with van der Waals surface area (Å²) in [6.45, 7) is -0.222. The predicted molar refractivity (Wildman–Crippen MR) is 136 cm³/mol. The van der Waals surface area contributed by atoms with Crippen LogP contribution in [0.2, 0.25) is 5.02 Å². The van der Waals surface area contributed by atoms with Crippen LogP contribution in [0.25, 0.3) is 0 Å². The van der Waals surface area contributed by atoms with Crippen LogP contribution in [0.4, 0.5) is 5.69 Å². The highest BCUT2D eigenvalue weighted by Gasteiger charge is 2.40. The number of hydrogen-bond donors (Lipinski definition) is 2. The second-order valence-corrected chi connectivity index (χ2v) is 9.56. The number of allylic oxidation sites excluding steroid dienone is 4. The van der Waals surface area contributed by atoms with Gasteiger partial charge in [0.2, 0.25) is 0 Å². The summed E-state index contributed by atoms with van der Waals surface area (Å²) < 4.78 is 10.8. The van der Waals surface area contributed by atoms with Crippen molar-refractivity contribution in [2.24, 2.45) is 0 Å². The SMILES string of the molecule is COc1ccc(NC(=O)COc2ccc(C3C4=C(CCCC4=O)NC4=C3C(=O)CCC4)cc2Cl)cc1. The Bertz CT molecular complexity index is 1250. The molecule has 186 valence electrons. The minimum atomic E-state index is -0.429. The standard InChI is InChI=1S/C28H27ClN2O5/c1-35-18-11-9-17(10-12-18)30-25(34)15-36-24-13-8-16(14-19(24)29)26-27-20(4-2-6-22(27)32)31-21-5-3-7-23(33)28(21)26/h8-14,26,31H,2-7,15H2,1H3,(H,30,34). The van der Waals surface area contributed by atoms with Crippen LogP contribution in [-0.4, -0.2) is 31.2 Å². The van der Waals surface area contributed by atoms with E-state index in [1.807, 2.05) is 6.07 Å². The van der Waals surface area contributed by atoms with E-state index in [4.69, 9.17) is 21.1 Å². The van der Waals surface area contributed by atoms with Gasteiger partial charge in [-0.2, -0.15) is 0 Å². The Balaban J connectivity index is 1.35. The molecule has 2 N–H and O–H groups in total. The molecule has 1 aliphatic heterocycles. The van der Waals surface area contributed by atoms with E-state index in [0.29, 0.717) is 46.2 Å². The van der Waals surface area contributed by atoms with E-state index >= 15 is 0 Å². The highest BCUT2D eigenvalue weighted by atomic mass is 35.5. The number of Topliss-reactive ketones (excluding diaryl/α,β-unsaturated/α-hetero) is 2. The molecule has 2 aromatic carbocycles. The number of amides is 1. The van der Waals surface area contributed by atoms with Gasteiger partial charge in [-0.3, -0.25) is 14.4 Å². The topological polar surface area (TPSA) is 93.7 Å². The van der Waals surface area contributed by atoms with Crippen LogP contribution >= 0.6 is 11.6 Å². The largest absolute Gasteiger partial charge is 0.497 e. The molecule has 5 rings (SSSR count). The van der Waals surface area contributed by atoms with Crippen molar-refractivity contribution in [1.29, 1.82) is 0 Å². The minimum Gasteiger partial charge on any atom is -0.497 e. The van der Waals surface area contributed by atoms with Crippen molar-refractivity contribution in [1.82, 2.24) is 5.32 Å². The zero-order valence-corrected chi connectivity index (χ0v) is 20.7. The van der Waals surface area contributed by atoms with Gasteiger partial charge in [0, 0.05) is 47.0 Å². The lowest BCUT2D eigenvalue weighted by Gasteiger charge is -2.37. The van der Waals surface area contributed by atoms with Gasteiger partial charge in [-0.25, -0.2) is 0 Å². The molecule has 1 heterocycles. The lowest BCUT2D eigenvalue weighted by Crippen LogP contribution is -2.36.